The third-order valence-electron chi connectivity index (χ3n) is 12.3. The minimum absolute atomic E-state index is 0.904. The SMILES string of the molecule is c1ccc(-c2ccc(N(c3ccc(-c4ccc(-c5cccc6ccc7ccccc7c56)s4)cc3)c3ccc(-c4ccccc4-c4ccc5oc6ccccc6c5c4)cc3)cc2)cc1. The normalized spacial score (nSPS) is 11.5. The van der Waals surface area contributed by atoms with Gasteiger partial charge in [-0.1, -0.05) is 170 Å². The number of hydrogen-bond donors (Lipinski definition) is 0. The molecular weight excluding hydrogens is 783 g/mol. The van der Waals surface area contributed by atoms with Gasteiger partial charge in [0.25, 0.3) is 0 Å². The largest absolute Gasteiger partial charge is 0.456 e. The summed E-state index contributed by atoms with van der Waals surface area (Å²) >= 11 is 1.85. The van der Waals surface area contributed by atoms with Crippen LogP contribution in [0.25, 0.3) is 97.7 Å². The van der Waals surface area contributed by atoms with E-state index in [9.17, 15) is 0 Å². The Hall–Kier alpha value is -7.98. The van der Waals surface area contributed by atoms with Crippen LogP contribution in [0.2, 0.25) is 0 Å². The molecular formula is C60H39NOS. The van der Waals surface area contributed by atoms with Gasteiger partial charge in [0.2, 0.25) is 0 Å². The van der Waals surface area contributed by atoms with Crippen LogP contribution in [0.5, 0.6) is 0 Å². The average molecular weight is 822 g/mol. The topological polar surface area (TPSA) is 16.4 Å². The van der Waals surface area contributed by atoms with Crippen LogP contribution in [0.15, 0.2) is 241 Å². The molecule has 12 aromatic rings. The van der Waals surface area contributed by atoms with Gasteiger partial charge >= 0.3 is 0 Å². The zero-order valence-corrected chi connectivity index (χ0v) is 35.1. The Morgan fingerprint density at radius 2 is 0.825 bits per heavy atom. The highest BCUT2D eigenvalue weighted by molar-refractivity contribution is 7.19. The molecule has 2 aromatic heterocycles. The first-order valence-electron chi connectivity index (χ1n) is 21.4. The molecule has 0 saturated carbocycles. The minimum Gasteiger partial charge on any atom is -0.456 e. The molecule has 0 spiro atoms. The van der Waals surface area contributed by atoms with Crippen molar-refractivity contribution >= 4 is 71.9 Å². The molecule has 0 radical (unpaired) electrons. The van der Waals surface area contributed by atoms with Crippen LogP contribution < -0.4 is 4.90 Å². The van der Waals surface area contributed by atoms with Crippen LogP contribution >= 0.6 is 11.3 Å². The van der Waals surface area contributed by atoms with Gasteiger partial charge in [-0.3, -0.25) is 0 Å². The Bertz CT molecular complexity index is 3600. The summed E-state index contributed by atoms with van der Waals surface area (Å²) in [6.45, 7) is 0. The first-order valence-corrected chi connectivity index (χ1v) is 22.2. The Labute approximate surface area is 370 Å². The summed E-state index contributed by atoms with van der Waals surface area (Å²) in [6.07, 6.45) is 0. The molecule has 12 rings (SSSR count). The number of nitrogens with zero attached hydrogens (tertiary/aromatic N) is 1. The Morgan fingerprint density at radius 1 is 0.302 bits per heavy atom. The fourth-order valence-electron chi connectivity index (χ4n) is 9.23. The fourth-order valence-corrected chi connectivity index (χ4v) is 10.3. The van der Waals surface area contributed by atoms with Gasteiger partial charge in [0, 0.05) is 43.2 Å². The summed E-state index contributed by atoms with van der Waals surface area (Å²) in [5.41, 5.74) is 14.7. The highest BCUT2D eigenvalue weighted by atomic mass is 32.1. The van der Waals surface area contributed by atoms with Crippen LogP contribution in [-0.2, 0) is 0 Å². The van der Waals surface area contributed by atoms with Gasteiger partial charge in [0.05, 0.1) is 0 Å². The molecule has 10 aromatic carbocycles. The lowest BCUT2D eigenvalue weighted by Gasteiger charge is -2.26. The van der Waals surface area contributed by atoms with E-state index in [0.29, 0.717) is 0 Å². The lowest BCUT2D eigenvalue weighted by atomic mass is 9.93. The van der Waals surface area contributed by atoms with Crippen molar-refractivity contribution in [3.05, 3.63) is 237 Å². The molecule has 0 atom stereocenters. The van der Waals surface area contributed by atoms with Crippen molar-refractivity contribution in [2.75, 3.05) is 4.90 Å². The molecule has 0 N–H and O–H groups in total. The lowest BCUT2D eigenvalue weighted by Crippen LogP contribution is -2.09. The van der Waals surface area contributed by atoms with Crippen molar-refractivity contribution in [1.29, 1.82) is 0 Å². The maximum absolute atomic E-state index is 6.16. The number of hydrogen-bond acceptors (Lipinski definition) is 3. The monoisotopic (exact) mass is 821 g/mol. The van der Waals surface area contributed by atoms with Gasteiger partial charge in [0.1, 0.15) is 11.2 Å². The summed E-state index contributed by atoms with van der Waals surface area (Å²) in [7, 11) is 0. The van der Waals surface area contributed by atoms with Gasteiger partial charge in [-0.15, -0.1) is 11.3 Å². The van der Waals surface area contributed by atoms with Crippen molar-refractivity contribution in [1.82, 2.24) is 0 Å². The van der Waals surface area contributed by atoms with Crippen LogP contribution in [0.1, 0.15) is 0 Å². The highest BCUT2D eigenvalue weighted by Crippen LogP contribution is 2.43. The van der Waals surface area contributed by atoms with Crippen molar-refractivity contribution in [3.63, 3.8) is 0 Å². The summed E-state index contributed by atoms with van der Waals surface area (Å²) in [5, 5.41) is 7.40. The fraction of sp³-hybridized carbons (Fsp3) is 0. The zero-order valence-electron chi connectivity index (χ0n) is 34.3. The lowest BCUT2D eigenvalue weighted by molar-refractivity contribution is 0.669. The second kappa shape index (κ2) is 15.5. The zero-order chi connectivity index (χ0) is 41.7. The first-order chi connectivity index (χ1) is 31.2. The molecule has 0 amide bonds. The van der Waals surface area contributed by atoms with Gasteiger partial charge in [-0.2, -0.15) is 0 Å². The van der Waals surface area contributed by atoms with E-state index in [0.717, 1.165) is 50.1 Å². The van der Waals surface area contributed by atoms with Crippen molar-refractivity contribution < 1.29 is 4.42 Å². The smallest absolute Gasteiger partial charge is 0.135 e. The quantitative estimate of drug-likeness (QED) is 0.142. The number of para-hydroxylation sites is 1. The Kier molecular flexibility index (Phi) is 9.06. The van der Waals surface area contributed by atoms with Gasteiger partial charge in [0.15, 0.2) is 0 Å². The van der Waals surface area contributed by atoms with Gasteiger partial charge in [-0.25, -0.2) is 0 Å². The average Bonchev–Trinajstić information content (AvgIpc) is 4.00. The number of furan rings is 1. The van der Waals surface area contributed by atoms with Crippen LogP contribution in [0.3, 0.4) is 0 Å². The molecule has 2 heterocycles. The molecule has 0 aliphatic rings. The minimum atomic E-state index is 0.904. The second-order valence-corrected chi connectivity index (χ2v) is 17.1. The Morgan fingerprint density at radius 3 is 1.59 bits per heavy atom. The third-order valence-corrected chi connectivity index (χ3v) is 13.5. The summed E-state index contributed by atoms with van der Waals surface area (Å²) in [5.74, 6) is 0. The molecule has 63 heavy (non-hydrogen) atoms. The van der Waals surface area contributed by atoms with Crippen LogP contribution in [-0.4, -0.2) is 0 Å². The van der Waals surface area contributed by atoms with E-state index in [1.54, 1.807) is 0 Å². The van der Waals surface area contributed by atoms with Crippen molar-refractivity contribution in [3.8, 4) is 54.3 Å². The molecule has 0 bridgehead atoms. The molecule has 0 saturated heterocycles. The number of anilines is 3. The third kappa shape index (κ3) is 6.67. The summed E-state index contributed by atoms with van der Waals surface area (Å²) < 4.78 is 6.16. The van der Waals surface area contributed by atoms with E-state index in [1.807, 2.05) is 23.5 Å². The van der Waals surface area contributed by atoms with E-state index in [-0.39, 0.29) is 0 Å². The molecule has 0 aliphatic carbocycles. The predicted octanol–water partition coefficient (Wildman–Crippen LogP) is 17.8. The molecule has 3 heteroatoms. The van der Waals surface area contributed by atoms with E-state index < -0.39 is 0 Å². The summed E-state index contributed by atoms with van der Waals surface area (Å²) in [6, 6.07) is 85.4. The van der Waals surface area contributed by atoms with E-state index in [2.05, 4.69) is 229 Å². The standard InChI is InChI=1S/C60H39NOS/c1-2-11-40(12-3-1)41-23-30-47(31-24-41)61(48-32-25-43(26-33-48)50-15-6-7-16-51(50)46-29-36-57-55(39-46)53-18-8-9-20-56(53)62-57)49-34-27-44(28-35-49)58-37-38-59(63-58)54-19-10-14-45-22-21-42-13-4-5-17-52(42)60(45)54/h1-39H. The van der Waals surface area contributed by atoms with Crippen molar-refractivity contribution in [2.24, 2.45) is 0 Å². The van der Waals surface area contributed by atoms with E-state index >= 15 is 0 Å². The number of rotatable bonds is 8. The van der Waals surface area contributed by atoms with Crippen molar-refractivity contribution in [2.45, 2.75) is 0 Å². The van der Waals surface area contributed by atoms with E-state index in [1.165, 1.54) is 64.7 Å². The molecule has 296 valence electrons. The molecule has 2 nitrogen and oxygen atoms in total. The Balaban J connectivity index is 0.898. The number of thiophene rings is 1. The van der Waals surface area contributed by atoms with Crippen LogP contribution in [0.4, 0.5) is 17.1 Å². The molecule has 0 fully saturated rings. The first kappa shape index (κ1) is 36.8. The number of fused-ring (bicyclic) bond motifs is 6. The molecule has 0 aliphatic heterocycles. The highest BCUT2D eigenvalue weighted by Gasteiger charge is 2.17. The van der Waals surface area contributed by atoms with Gasteiger partial charge < -0.3 is 9.32 Å². The number of benzene rings is 10. The summed E-state index contributed by atoms with van der Waals surface area (Å²) in [4.78, 5) is 4.87. The van der Waals surface area contributed by atoms with Crippen LogP contribution in [0, 0.1) is 0 Å². The second-order valence-electron chi connectivity index (χ2n) is 16.1. The maximum atomic E-state index is 6.16. The maximum Gasteiger partial charge on any atom is 0.135 e. The van der Waals surface area contributed by atoms with Gasteiger partial charge in [-0.05, 0) is 127 Å². The van der Waals surface area contributed by atoms with E-state index in [4.69, 9.17) is 4.42 Å². The molecule has 0 unspecified atom stereocenters. The predicted molar refractivity (Wildman–Crippen MR) is 268 cm³/mol.